The van der Waals surface area contributed by atoms with Gasteiger partial charge in [-0.2, -0.15) is 5.26 Å². The van der Waals surface area contributed by atoms with Crippen LogP contribution in [-0.4, -0.2) is 40.2 Å². The average Bonchev–Trinajstić information content (AvgIpc) is 2.47. The third kappa shape index (κ3) is 6.19. The molecule has 1 aromatic carbocycles. The Kier molecular flexibility index (Phi) is 7.47. The number of rotatable bonds is 8. The second-order valence-corrected chi connectivity index (χ2v) is 6.11. The van der Waals surface area contributed by atoms with E-state index in [9.17, 15) is 9.59 Å². The molecule has 1 N–H and O–H groups in total. The highest BCUT2D eigenvalue weighted by Crippen LogP contribution is 2.14. The number of nitriles is 1. The molecule has 5 nitrogen and oxygen atoms in total. The van der Waals surface area contributed by atoms with E-state index in [4.69, 9.17) is 10.4 Å². The van der Waals surface area contributed by atoms with Crippen molar-refractivity contribution in [1.29, 1.82) is 5.26 Å². The first-order chi connectivity index (χ1) is 10.4. The van der Waals surface area contributed by atoms with Gasteiger partial charge >= 0.3 is 5.97 Å². The van der Waals surface area contributed by atoms with Crippen LogP contribution in [0, 0.1) is 11.3 Å². The first-order valence-corrected chi connectivity index (χ1v) is 8.17. The van der Waals surface area contributed by atoms with Gasteiger partial charge in [-0.25, -0.2) is 0 Å². The summed E-state index contributed by atoms with van der Waals surface area (Å²) in [5.41, 5.74) is 1.67. The molecule has 118 valence electrons. The lowest BCUT2D eigenvalue weighted by Crippen LogP contribution is -2.39. The summed E-state index contributed by atoms with van der Waals surface area (Å²) in [4.78, 5) is 24.4. The van der Waals surface area contributed by atoms with E-state index >= 15 is 0 Å². The topological polar surface area (TPSA) is 81.4 Å². The van der Waals surface area contributed by atoms with E-state index in [1.54, 1.807) is 17.0 Å². The van der Waals surface area contributed by atoms with Crippen molar-refractivity contribution < 1.29 is 14.7 Å². The molecule has 0 saturated heterocycles. The minimum atomic E-state index is -0.899. The van der Waals surface area contributed by atoms with Crippen molar-refractivity contribution >= 4 is 23.6 Å². The summed E-state index contributed by atoms with van der Waals surface area (Å²) in [6.07, 6.45) is -0.0375. The van der Waals surface area contributed by atoms with Crippen molar-refractivity contribution in [2.24, 2.45) is 0 Å². The Labute approximate surface area is 134 Å². The van der Waals surface area contributed by atoms with Gasteiger partial charge in [-0.05, 0) is 31.5 Å². The first-order valence-electron chi connectivity index (χ1n) is 7.02. The fourth-order valence-corrected chi connectivity index (χ4v) is 2.77. The van der Waals surface area contributed by atoms with Crippen LogP contribution in [0.15, 0.2) is 24.3 Å². The highest BCUT2D eigenvalue weighted by molar-refractivity contribution is 7.99. The minimum Gasteiger partial charge on any atom is -0.481 e. The van der Waals surface area contributed by atoms with Crippen molar-refractivity contribution in [2.45, 2.75) is 32.1 Å². The summed E-state index contributed by atoms with van der Waals surface area (Å²) >= 11 is 1.49. The molecular formula is C16H20N2O3S. The summed E-state index contributed by atoms with van der Waals surface area (Å²) in [6.45, 7) is 4.00. The maximum absolute atomic E-state index is 12.2. The lowest BCUT2D eigenvalue weighted by Gasteiger charge is -2.26. The average molecular weight is 320 g/mol. The minimum absolute atomic E-state index is 0.0117. The molecule has 0 fully saturated rings. The Morgan fingerprint density at radius 2 is 1.95 bits per heavy atom. The molecular weight excluding hydrogens is 300 g/mol. The highest BCUT2D eigenvalue weighted by atomic mass is 32.2. The Bertz CT molecular complexity index is 550. The number of carboxylic acids is 1. The fraction of sp³-hybridized carbons (Fsp3) is 0.438. The van der Waals surface area contributed by atoms with Crippen LogP contribution in [-0.2, 0) is 15.3 Å². The summed E-state index contributed by atoms with van der Waals surface area (Å²) in [6, 6.07) is 9.31. The van der Waals surface area contributed by atoms with Gasteiger partial charge in [0, 0.05) is 18.3 Å². The Hall–Kier alpha value is -2.00. The number of carbonyl (C=O) groups excluding carboxylic acids is 1. The van der Waals surface area contributed by atoms with Gasteiger partial charge in [0.25, 0.3) is 0 Å². The number of benzene rings is 1. The number of nitrogens with zero attached hydrogens (tertiary/aromatic N) is 2. The molecule has 0 bridgehead atoms. The number of hydrogen-bond acceptors (Lipinski definition) is 4. The van der Waals surface area contributed by atoms with Crippen LogP contribution < -0.4 is 0 Å². The zero-order valence-electron chi connectivity index (χ0n) is 12.8. The smallest absolute Gasteiger partial charge is 0.305 e. The second-order valence-electron chi connectivity index (χ2n) is 5.13. The zero-order chi connectivity index (χ0) is 16.5. The van der Waals surface area contributed by atoms with Crippen molar-refractivity contribution in [3.8, 4) is 6.07 Å². The summed E-state index contributed by atoms with van der Waals surface area (Å²) in [5.74, 6) is 0.0544. The van der Waals surface area contributed by atoms with Crippen molar-refractivity contribution in [3.05, 3.63) is 35.4 Å². The van der Waals surface area contributed by atoms with Crippen molar-refractivity contribution in [3.63, 3.8) is 0 Å². The Balaban J connectivity index is 2.45. The number of carboxylic acid groups (broad SMARTS) is 1. The van der Waals surface area contributed by atoms with Crippen molar-refractivity contribution in [1.82, 2.24) is 4.90 Å². The normalized spacial score (nSPS) is 10.3. The van der Waals surface area contributed by atoms with Gasteiger partial charge in [0.15, 0.2) is 0 Å². The molecule has 0 aromatic heterocycles. The molecule has 0 radical (unpaired) electrons. The van der Waals surface area contributed by atoms with Crippen LogP contribution in [0.1, 0.15) is 31.4 Å². The van der Waals surface area contributed by atoms with Gasteiger partial charge in [-0.3, -0.25) is 9.59 Å². The van der Waals surface area contributed by atoms with E-state index in [2.05, 4.69) is 6.07 Å². The monoisotopic (exact) mass is 320 g/mol. The Morgan fingerprint density at radius 1 is 1.32 bits per heavy atom. The van der Waals surface area contributed by atoms with E-state index in [1.807, 2.05) is 26.0 Å². The van der Waals surface area contributed by atoms with Crippen LogP contribution in [0.3, 0.4) is 0 Å². The SMILES string of the molecule is CC(C)N(CCC(=O)O)C(=O)CSCc1ccc(C#N)cc1. The van der Waals surface area contributed by atoms with Gasteiger partial charge in [0.05, 0.1) is 23.8 Å². The standard InChI is InChI=1S/C16H20N2O3S/c1-12(2)18(8-7-16(20)21)15(19)11-22-10-14-5-3-13(9-17)4-6-14/h3-6,12H,7-8,10-11H2,1-2H3,(H,20,21). The van der Waals surface area contributed by atoms with Crippen LogP contribution in [0.25, 0.3) is 0 Å². The third-order valence-electron chi connectivity index (χ3n) is 3.09. The van der Waals surface area contributed by atoms with E-state index < -0.39 is 5.97 Å². The van der Waals surface area contributed by atoms with Gasteiger partial charge in [0.1, 0.15) is 0 Å². The highest BCUT2D eigenvalue weighted by Gasteiger charge is 2.17. The number of aliphatic carboxylic acids is 1. The summed E-state index contributed by atoms with van der Waals surface area (Å²) < 4.78 is 0. The summed E-state index contributed by atoms with van der Waals surface area (Å²) in [7, 11) is 0. The molecule has 1 rings (SSSR count). The predicted molar refractivity (Wildman–Crippen MR) is 86.4 cm³/mol. The summed E-state index contributed by atoms with van der Waals surface area (Å²) in [5, 5.41) is 17.5. The molecule has 0 aliphatic heterocycles. The molecule has 22 heavy (non-hydrogen) atoms. The number of carbonyl (C=O) groups is 2. The zero-order valence-corrected chi connectivity index (χ0v) is 13.6. The van der Waals surface area contributed by atoms with E-state index in [0.29, 0.717) is 17.1 Å². The van der Waals surface area contributed by atoms with E-state index in [-0.39, 0.29) is 24.9 Å². The van der Waals surface area contributed by atoms with Gasteiger partial charge in [-0.15, -0.1) is 11.8 Å². The molecule has 0 atom stereocenters. The molecule has 0 spiro atoms. The maximum atomic E-state index is 12.2. The van der Waals surface area contributed by atoms with E-state index in [1.165, 1.54) is 11.8 Å². The quantitative estimate of drug-likeness (QED) is 0.796. The number of hydrogen-bond donors (Lipinski definition) is 1. The molecule has 0 heterocycles. The maximum Gasteiger partial charge on any atom is 0.305 e. The van der Waals surface area contributed by atoms with Crippen molar-refractivity contribution in [2.75, 3.05) is 12.3 Å². The fourth-order valence-electron chi connectivity index (χ4n) is 1.90. The molecule has 1 amide bonds. The second kappa shape index (κ2) is 9.11. The molecule has 6 heteroatoms. The van der Waals surface area contributed by atoms with Gasteiger partial charge < -0.3 is 10.0 Å². The largest absolute Gasteiger partial charge is 0.481 e. The molecule has 0 aliphatic carbocycles. The number of amides is 1. The molecule has 0 saturated carbocycles. The molecule has 0 unspecified atom stereocenters. The lowest BCUT2D eigenvalue weighted by molar-refractivity contribution is -0.138. The van der Waals surface area contributed by atoms with Gasteiger partial charge in [0.2, 0.25) is 5.91 Å². The van der Waals surface area contributed by atoms with Gasteiger partial charge in [-0.1, -0.05) is 12.1 Å². The molecule has 0 aliphatic rings. The number of thioether (sulfide) groups is 1. The van der Waals surface area contributed by atoms with Crippen LogP contribution in [0.4, 0.5) is 0 Å². The predicted octanol–water partition coefficient (Wildman–Crippen LogP) is 2.50. The van der Waals surface area contributed by atoms with Crippen LogP contribution in [0.5, 0.6) is 0 Å². The first kappa shape index (κ1) is 18.1. The van der Waals surface area contributed by atoms with Crippen LogP contribution in [0.2, 0.25) is 0 Å². The lowest BCUT2D eigenvalue weighted by atomic mass is 10.2. The van der Waals surface area contributed by atoms with E-state index in [0.717, 1.165) is 5.56 Å². The molecule has 1 aromatic rings. The third-order valence-corrected chi connectivity index (χ3v) is 4.08. The Morgan fingerprint density at radius 3 is 2.45 bits per heavy atom. The van der Waals surface area contributed by atoms with Crippen LogP contribution >= 0.6 is 11.8 Å².